The molecule has 0 bridgehead atoms. The number of anilines is 1. The Labute approximate surface area is 230 Å². The zero-order valence-electron chi connectivity index (χ0n) is 23.9. The van der Waals surface area contributed by atoms with Crippen LogP contribution in [0.15, 0.2) is 0 Å². The number of fused-ring (bicyclic) bond motifs is 1. The van der Waals surface area contributed by atoms with Gasteiger partial charge in [-0.25, -0.2) is 4.98 Å². The largest absolute Gasteiger partial charge is 0.394 e. The van der Waals surface area contributed by atoms with Gasteiger partial charge in [0, 0.05) is 6.92 Å². The lowest BCUT2D eigenvalue weighted by Gasteiger charge is -2.43. The predicted molar refractivity (Wildman–Crippen MR) is 148 cm³/mol. The van der Waals surface area contributed by atoms with Crippen LogP contribution in [0.1, 0.15) is 75.5 Å². The molecule has 3 rings (SSSR count). The van der Waals surface area contributed by atoms with Gasteiger partial charge in [-0.15, -0.1) is 0 Å². The molecular weight excluding hydrogens is 530 g/mol. The molecule has 2 aromatic heterocycles. The van der Waals surface area contributed by atoms with Crippen molar-refractivity contribution in [1.29, 1.82) is 0 Å². The monoisotopic (exact) mass is 571 g/mol. The van der Waals surface area contributed by atoms with Gasteiger partial charge in [0.05, 0.1) is 17.6 Å². The molecule has 38 heavy (non-hydrogen) atoms. The molecular formula is C25H42ClN5O6Si. The molecule has 11 nitrogen and oxygen atoms in total. The van der Waals surface area contributed by atoms with Gasteiger partial charge < -0.3 is 24.9 Å². The molecule has 1 aliphatic rings. The molecule has 1 fully saturated rings. The van der Waals surface area contributed by atoms with Gasteiger partial charge in [0.25, 0.3) is 5.95 Å². The lowest BCUT2D eigenvalue weighted by atomic mass is 10.1. The number of hydrogen-bond donors (Lipinski definition) is 3. The van der Waals surface area contributed by atoms with Crippen molar-refractivity contribution in [3.63, 3.8) is 0 Å². The second-order valence-corrected chi connectivity index (χ2v) is 18.1. The second-order valence-electron chi connectivity index (χ2n) is 12.0. The summed E-state index contributed by atoms with van der Waals surface area (Å²) in [5, 5.41) is 32.9. The average Bonchev–Trinajstić information content (AvgIpc) is 3.28. The minimum atomic E-state index is -2.52. The van der Waals surface area contributed by atoms with Gasteiger partial charge in [-0.3, -0.25) is 9.36 Å². The van der Waals surface area contributed by atoms with Gasteiger partial charge in [0.2, 0.25) is 0 Å². The van der Waals surface area contributed by atoms with Gasteiger partial charge in [-0.2, -0.15) is 15.0 Å². The van der Waals surface area contributed by atoms with Crippen LogP contribution >= 0.6 is 11.6 Å². The van der Waals surface area contributed by atoms with Crippen molar-refractivity contribution in [2.45, 2.75) is 116 Å². The third-order valence-corrected chi connectivity index (χ3v) is 14.6. The van der Waals surface area contributed by atoms with Crippen molar-refractivity contribution in [2.75, 3.05) is 11.7 Å². The number of aliphatic hydroxyl groups is 3. The fourth-order valence-corrected chi connectivity index (χ4v) is 12.7. The van der Waals surface area contributed by atoms with Crippen molar-refractivity contribution >= 4 is 48.2 Å². The summed E-state index contributed by atoms with van der Waals surface area (Å²) < 4.78 is 7.76. The smallest absolute Gasteiger partial charge is 0.329 e. The van der Waals surface area contributed by atoms with Crippen molar-refractivity contribution in [3.05, 3.63) is 5.15 Å². The van der Waals surface area contributed by atoms with Gasteiger partial charge in [-0.1, -0.05) is 53.1 Å². The first-order chi connectivity index (χ1) is 17.5. The number of hydroxylamine groups is 1. The first kappa shape index (κ1) is 30.7. The van der Waals surface area contributed by atoms with E-state index in [2.05, 4.69) is 46.5 Å². The molecule has 0 aliphatic carbocycles. The standard InChI is InChI=1S/C25H42ClN5O6Si/c1-12(2)38(13(3)4,14(5)6)24-27-17-20(26)28-23(31(25(8,9)10)37-15(7)33)29-21(17)30(24)22-19(35)18(34)16(11-32)36-22/h12-14,16,18-19,22,32,34-35H,11H2,1-10H3/t16-,18-,19-,22-/m1/s1. The van der Waals surface area contributed by atoms with E-state index in [0.29, 0.717) is 11.0 Å². The number of hydrogen-bond acceptors (Lipinski definition) is 10. The third kappa shape index (κ3) is 5.06. The molecule has 13 heteroatoms. The minimum Gasteiger partial charge on any atom is -0.394 e. The van der Waals surface area contributed by atoms with Crippen LogP contribution in [0.5, 0.6) is 0 Å². The number of nitrogens with zero attached hydrogens (tertiary/aromatic N) is 5. The minimum absolute atomic E-state index is 0.0375. The van der Waals surface area contributed by atoms with Crippen LogP contribution in [0.4, 0.5) is 5.95 Å². The Hall–Kier alpha value is -1.83. The number of aromatic nitrogens is 4. The fraction of sp³-hybridized carbons (Fsp3) is 0.760. The van der Waals surface area contributed by atoms with Crippen LogP contribution in [0.2, 0.25) is 21.8 Å². The first-order valence-corrected chi connectivity index (χ1v) is 15.7. The number of aliphatic hydroxyl groups excluding tert-OH is 3. The highest BCUT2D eigenvalue weighted by Crippen LogP contribution is 2.43. The molecule has 4 atom stereocenters. The third-order valence-electron chi connectivity index (χ3n) is 7.52. The molecule has 0 unspecified atom stereocenters. The quantitative estimate of drug-likeness (QED) is 0.246. The van der Waals surface area contributed by atoms with Crippen molar-refractivity contribution < 1.29 is 29.7 Å². The van der Waals surface area contributed by atoms with Crippen molar-refractivity contribution in [3.8, 4) is 0 Å². The Morgan fingerprint density at radius 2 is 1.63 bits per heavy atom. The molecule has 2 aromatic rings. The Morgan fingerprint density at radius 3 is 2.05 bits per heavy atom. The van der Waals surface area contributed by atoms with E-state index in [1.807, 2.05) is 20.8 Å². The lowest BCUT2D eigenvalue weighted by Crippen LogP contribution is -2.60. The maximum Gasteiger partial charge on any atom is 0.329 e. The van der Waals surface area contributed by atoms with E-state index in [1.54, 1.807) is 4.57 Å². The summed E-state index contributed by atoms with van der Waals surface area (Å²) in [5.41, 5.74) is 1.29. The number of carbonyl (C=O) groups is 1. The molecule has 3 heterocycles. The maximum atomic E-state index is 11.9. The van der Waals surface area contributed by atoms with Gasteiger partial charge in [0.15, 0.2) is 17.0 Å². The summed E-state index contributed by atoms with van der Waals surface area (Å²) >= 11 is 6.72. The molecule has 214 valence electrons. The number of imidazole rings is 1. The topological polar surface area (TPSA) is 143 Å². The maximum absolute atomic E-state index is 11.9. The number of rotatable bonds is 8. The van der Waals surface area contributed by atoms with E-state index in [1.165, 1.54) is 12.0 Å². The van der Waals surface area contributed by atoms with Gasteiger partial charge in [0.1, 0.15) is 31.9 Å². The first-order valence-electron chi connectivity index (χ1n) is 13.1. The van der Waals surface area contributed by atoms with Crippen LogP contribution in [-0.2, 0) is 14.4 Å². The van der Waals surface area contributed by atoms with Gasteiger partial charge >= 0.3 is 5.97 Å². The highest BCUT2D eigenvalue weighted by molar-refractivity contribution is 6.94. The summed E-state index contributed by atoms with van der Waals surface area (Å²) in [6.45, 7) is 19.4. The lowest BCUT2D eigenvalue weighted by molar-refractivity contribution is -0.144. The highest BCUT2D eigenvalue weighted by Gasteiger charge is 2.52. The van der Waals surface area contributed by atoms with Crippen LogP contribution < -0.4 is 10.5 Å². The van der Waals surface area contributed by atoms with Crippen LogP contribution in [0.25, 0.3) is 11.2 Å². The Balaban J connectivity index is 2.46. The van der Waals surface area contributed by atoms with Crippen LogP contribution in [-0.4, -0.2) is 79.3 Å². The van der Waals surface area contributed by atoms with E-state index < -0.39 is 50.7 Å². The van der Waals surface area contributed by atoms with E-state index in [9.17, 15) is 20.1 Å². The average molecular weight is 572 g/mol. The zero-order chi connectivity index (χ0) is 28.9. The highest BCUT2D eigenvalue weighted by atomic mass is 35.5. The Bertz CT molecular complexity index is 1150. The second kappa shape index (κ2) is 11.0. The summed E-state index contributed by atoms with van der Waals surface area (Å²) in [6, 6.07) is 0. The van der Waals surface area contributed by atoms with E-state index in [4.69, 9.17) is 31.1 Å². The molecule has 0 saturated carbocycles. The van der Waals surface area contributed by atoms with E-state index in [0.717, 1.165) is 0 Å². The van der Waals surface area contributed by atoms with E-state index in [-0.39, 0.29) is 33.4 Å². The number of carbonyl (C=O) groups excluding carboxylic acids is 1. The molecule has 0 aromatic carbocycles. The van der Waals surface area contributed by atoms with Crippen molar-refractivity contribution in [2.24, 2.45) is 0 Å². The Morgan fingerprint density at radius 1 is 1.08 bits per heavy atom. The molecule has 1 aliphatic heterocycles. The van der Waals surface area contributed by atoms with Crippen LogP contribution in [0.3, 0.4) is 0 Å². The Kier molecular flexibility index (Phi) is 8.87. The van der Waals surface area contributed by atoms with Crippen molar-refractivity contribution in [1.82, 2.24) is 19.5 Å². The summed E-state index contributed by atoms with van der Waals surface area (Å²) in [4.78, 5) is 31.6. The van der Waals surface area contributed by atoms with Crippen LogP contribution in [0, 0.1) is 0 Å². The molecule has 0 amide bonds. The predicted octanol–water partition coefficient (Wildman–Crippen LogP) is 3.06. The molecule has 0 radical (unpaired) electrons. The van der Waals surface area contributed by atoms with Gasteiger partial charge in [-0.05, 0) is 37.4 Å². The zero-order valence-corrected chi connectivity index (χ0v) is 25.7. The fourth-order valence-electron chi connectivity index (χ4n) is 6.04. The summed E-state index contributed by atoms with van der Waals surface area (Å²) in [7, 11) is -2.52. The summed E-state index contributed by atoms with van der Waals surface area (Å²) in [6.07, 6.45) is -4.74. The molecule has 0 spiro atoms. The number of ether oxygens (including phenoxy) is 1. The number of halogens is 1. The normalized spacial score (nSPS) is 22.8. The molecule has 3 N–H and O–H groups in total. The summed E-state index contributed by atoms with van der Waals surface area (Å²) in [5.74, 6) is -0.515. The van der Waals surface area contributed by atoms with E-state index >= 15 is 0 Å². The molecule has 1 saturated heterocycles. The SMILES string of the molecule is CC(=O)ON(c1nc(Cl)c2nc([Si](C(C)C)(C(C)C)C(C)C)n([C@@H]3O[C@H](CO)[C@@H](O)[C@H]3O)c2n1)C(C)(C)C.